The van der Waals surface area contributed by atoms with Gasteiger partial charge in [0.2, 0.25) is 5.69 Å². The molecule has 0 saturated heterocycles. The van der Waals surface area contributed by atoms with Crippen molar-refractivity contribution in [1.82, 2.24) is 0 Å². The van der Waals surface area contributed by atoms with E-state index in [9.17, 15) is 0 Å². The van der Waals surface area contributed by atoms with Gasteiger partial charge in [-0.3, -0.25) is 0 Å². The molecule has 128 valence electrons. The lowest BCUT2D eigenvalue weighted by molar-refractivity contribution is -0.513. The third-order valence-electron chi connectivity index (χ3n) is 5.24. The maximum absolute atomic E-state index is 2.56. The summed E-state index contributed by atoms with van der Waals surface area (Å²) in [6.45, 7) is 16.3. The molecule has 0 amide bonds. The minimum Gasteiger partial charge on any atom is -0.196 e. The van der Waals surface area contributed by atoms with Gasteiger partial charge in [-0.1, -0.05) is 45.0 Å². The molecule has 2 heterocycles. The fraction of sp³-hybridized carbons (Fsp3) is 0.500. The summed E-state index contributed by atoms with van der Waals surface area (Å²) < 4.78 is 2.56. The Balaban J connectivity index is 2.22. The maximum atomic E-state index is 2.56. The van der Waals surface area contributed by atoms with E-state index in [1.54, 1.807) is 0 Å². The molecule has 0 saturated carbocycles. The van der Waals surface area contributed by atoms with Crippen molar-refractivity contribution in [3.05, 3.63) is 51.7 Å². The predicted molar refractivity (Wildman–Crippen MR) is 106 cm³/mol. The van der Waals surface area contributed by atoms with E-state index in [1.165, 1.54) is 21.7 Å². The number of thiophene rings is 1. The van der Waals surface area contributed by atoms with E-state index in [2.05, 4.69) is 95.0 Å². The van der Waals surface area contributed by atoms with Gasteiger partial charge in [0.1, 0.15) is 0 Å². The molecule has 1 nitrogen and oxygen atoms in total. The van der Waals surface area contributed by atoms with Crippen molar-refractivity contribution in [3.63, 3.8) is 0 Å². The number of rotatable bonds is 2. The van der Waals surface area contributed by atoms with Gasteiger partial charge in [-0.05, 0) is 30.7 Å². The first-order valence-corrected chi connectivity index (χ1v) is 9.72. The van der Waals surface area contributed by atoms with E-state index in [-0.39, 0.29) is 16.4 Å². The van der Waals surface area contributed by atoms with Crippen LogP contribution in [0.15, 0.2) is 35.7 Å². The summed E-state index contributed by atoms with van der Waals surface area (Å²) in [5, 5.41) is 2.19. The highest BCUT2D eigenvalue weighted by molar-refractivity contribution is 7.10. The third kappa shape index (κ3) is 2.86. The molecule has 2 aromatic rings. The summed E-state index contributed by atoms with van der Waals surface area (Å²) in [6.07, 6.45) is 3.62. The Morgan fingerprint density at radius 3 is 2.33 bits per heavy atom. The van der Waals surface area contributed by atoms with Crippen LogP contribution >= 0.6 is 11.3 Å². The van der Waals surface area contributed by atoms with Gasteiger partial charge < -0.3 is 0 Å². The molecule has 1 aliphatic heterocycles. The normalized spacial score (nSPS) is 23.4. The van der Waals surface area contributed by atoms with Gasteiger partial charge in [-0.15, -0.1) is 11.3 Å². The monoisotopic (exact) mass is 340 g/mol. The van der Waals surface area contributed by atoms with Crippen LogP contribution in [-0.2, 0) is 10.8 Å². The Kier molecular flexibility index (Phi) is 4.03. The first kappa shape index (κ1) is 17.4. The first-order valence-electron chi connectivity index (χ1n) is 8.84. The number of hydrogen-bond acceptors (Lipinski definition) is 1. The van der Waals surface area contributed by atoms with E-state index in [0.717, 1.165) is 6.42 Å². The molecule has 0 bridgehead atoms. The highest BCUT2D eigenvalue weighted by Gasteiger charge is 2.51. The number of aryl methyl sites for hydroxylation is 1. The van der Waals surface area contributed by atoms with Crippen molar-refractivity contribution >= 4 is 23.2 Å². The quantitative estimate of drug-likeness (QED) is 0.572. The van der Waals surface area contributed by atoms with Crippen molar-refractivity contribution in [2.75, 3.05) is 0 Å². The average molecular weight is 341 g/mol. The molecule has 0 spiro atoms. The van der Waals surface area contributed by atoms with Crippen molar-refractivity contribution < 1.29 is 4.58 Å². The summed E-state index contributed by atoms with van der Waals surface area (Å²) >= 11 is 1.87. The first-order chi connectivity index (χ1) is 11.0. The molecule has 1 unspecified atom stereocenters. The fourth-order valence-corrected chi connectivity index (χ4v) is 5.05. The molecule has 0 fully saturated rings. The second kappa shape index (κ2) is 5.56. The van der Waals surface area contributed by atoms with Gasteiger partial charge in [0.25, 0.3) is 0 Å². The smallest absolute Gasteiger partial charge is 0.196 e. The van der Waals surface area contributed by atoms with Crippen LogP contribution in [0.2, 0.25) is 0 Å². The summed E-state index contributed by atoms with van der Waals surface area (Å²) in [6, 6.07) is 11.2. The van der Waals surface area contributed by atoms with Crippen molar-refractivity contribution in [2.24, 2.45) is 0 Å². The fourth-order valence-electron chi connectivity index (χ4n) is 4.19. The van der Waals surface area contributed by atoms with E-state index in [0.29, 0.717) is 0 Å². The molecule has 3 rings (SSSR count). The predicted octanol–water partition coefficient (Wildman–Crippen LogP) is 6.21. The minimum atomic E-state index is 0.102. The molecule has 0 N–H and O–H groups in total. The maximum Gasteiger partial charge on any atom is 0.212 e. The second-order valence-electron chi connectivity index (χ2n) is 9.10. The zero-order valence-electron chi connectivity index (χ0n) is 16.1. The average Bonchev–Trinajstić information content (AvgIpc) is 3.05. The van der Waals surface area contributed by atoms with E-state index >= 15 is 0 Å². The summed E-state index contributed by atoms with van der Waals surface area (Å²) in [7, 11) is 0. The van der Waals surface area contributed by atoms with Crippen LogP contribution in [0.1, 0.15) is 64.0 Å². The Labute approximate surface area is 151 Å². The van der Waals surface area contributed by atoms with Crippen LogP contribution in [0.25, 0.3) is 0 Å². The standard InChI is InChI=1S/C22H30NS/c1-16-10-8-11-17(20(2,3)4)19(16)23-15-22(7,14-21(23,5)6)18-12-9-13-24-18/h8-13,15H,14H2,1-7H3/q+1. The molecule has 1 aliphatic rings. The van der Waals surface area contributed by atoms with Gasteiger partial charge in [-0.25, -0.2) is 0 Å². The van der Waals surface area contributed by atoms with Crippen molar-refractivity contribution in [2.45, 2.75) is 71.3 Å². The molecule has 24 heavy (non-hydrogen) atoms. The van der Waals surface area contributed by atoms with Crippen LogP contribution in [0.4, 0.5) is 5.69 Å². The highest BCUT2D eigenvalue weighted by Crippen LogP contribution is 2.45. The molecule has 1 aromatic carbocycles. The molecular weight excluding hydrogens is 310 g/mol. The number of nitrogens with zero attached hydrogens (tertiary/aromatic N) is 1. The Morgan fingerprint density at radius 1 is 1.04 bits per heavy atom. The van der Waals surface area contributed by atoms with Gasteiger partial charge in [0.05, 0.1) is 5.41 Å². The molecule has 1 aromatic heterocycles. The van der Waals surface area contributed by atoms with Gasteiger partial charge in [-0.2, -0.15) is 4.58 Å². The number of para-hydroxylation sites is 1. The largest absolute Gasteiger partial charge is 0.212 e. The molecule has 1 atom stereocenters. The van der Waals surface area contributed by atoms with Crippen molar-refractivity contribution in [1.29, 1.82) is 0 Å². The highest BCUT2D eigenvalue weighted by atomic mass is 32.1. The Bertz CT molecular complexity index is 775. The van der Waals surface area contributed by atoms with Gasteiger partial charge in [0.15, 0.2) is 11.8 Å². The Hall–Kier alpha value is -1.41. The summed E-state index contributed by atoms with van der Waals surface area (Å²) in [5.74, 6) is 0. The summed E-state index contributed by atoms with van der Waals surface area (Å²) in [5.41, 5.74) is 4.53. The van der Waals surface area contributed by atoms with Gasteiger partial charge >= 0.3 is 0 Å². The minimum absolute atomic E-state index is 0.102. The zero-order chi connectivity index (χ0) is 17.8. The molecule has 2 heteroatoms. The number of benzene rings is 1. The third-order valence-corrected chi connectivity index (χ3v) is 6.39. The van der Waals surface area contributed by atoms with Crippen molar-refractivity contribution in [3.8, 4) is 0 Å². The lowest BCUT2D eigenvalue weighted by Gasteiger charge is -2.26. The van der Waals surface area contributed by atoms with Crippen LogP contribution in [0, 0.1) is 6.92 Å². The van der Waals surface area contributed by atoms with Gasteiger partial charge in [0, 0.05) is 36.3 Å². The topological polar surface area (TPSA) is 3.01 Å². The van der Waals surface area contributed by atoms with E-state index < -0.39 is 0 Å². The SMILES string of the molecule is Cc1cccc(C(C)(C)C)c1[N+]1=CC(C)(c2cccs2)CC1(C)C. The summed E-state index contributed by atoms with van der Waals surface area (Å²) in [4.78, 5) is 1.46. The molecule has 0 radical (unpaired) electrons. The van der Waals surface area contributed by atoms with E-state index in [4.69, 9.17) is 0 Å². The lowest BCUT2D eigenvalue weighted by Crippen LogP contribution is -2.32. The number of hydrogen-bond donors (Lipinski definition) is 0. The van der Waals surface area contributed by atoms with Crippen LogP contribution in [-0.4, -0.2) is 16.3 Å². The van der Waals surface area contributed by atoms with Crippen LogP contribution in [0.5, 0.6) is 0 Å². The Morgan fingerprint density at radius 2 is 1.75 bits per heavy atom. The van der Waals surface area contributed by atoms with Crippen LogP contribution < -0.4 is 0 Å². The zero-order valence-corrected chi connectivity index (χ0v) is 16.9. The van der Waals surface area contributed by atoms with Crippen LogP contribution in [0.3, 0.4) is 0 Å². The lowest BCUT2D eigenvalue weighted by atomic mass is 9.81. The molecule has 0 aliphatic carbocycles. The second-order valence-corrected chi connectivity index (χ2v) is 10.1. The molecular formula is C22H30NS+. The van der Waals surface area contributed by atoms with E-state index in [1.807, 2.05) is 11.3 Å².